The molecule has 0 unspecified atom stereocenters. The van der Waals surface area contributed by atoms with E-state index < -0.39 is 28.3 Å². The predicted molar refractivity (Wildman–Crippen MR) is 127 cm³/mol. The van der Waals surface area contributed by atoms with Gasteiger partial charge in [0.1, 0.15) is 5.58 Å². The third kappa shape index (κ3) is 4.86. The van der Waals surface area contributed by atoms with E-state index in [9.17, 15) is 24.5 Å². The number of nitro benzene ring substituents is 1. The second kappa shape index (κ2) is 9.67. The van der Waals surface area contributed by atoms with Crippen molar-refractivity contribution in [2.75, 3.05) is 5.32 Å². The van der Waals surface area contributed by atoms with Crippen LogP contribution in [0.4, 0.5) is 11.4 Å². The van der Waals surface area contributed by atoms with E-state index in [1.807, 2.05) is 0 Å². The van der Waals surface area contributed by atoms with Crippen LogP contribution >= 0.6 is 15.9 Å². The van der Waals surface area contributed by atoms with E-state index in [4.69, 9.17) is 9.15 Å². The van der Waals surface area contributed by atoms with Crippen molar-refractivity contribution in [2.45, 2.75) is 6.10 Å². The van der Waals surface area contributed by atoms with E-state index in [1.165, 1.54) is 18.2 Å². The number of carbonyl (C=O) groups excluding carboxylic acids is 2. The number of hydrogen-bond donors (Lipinski definition) is 1. The lowest BCUT2D eigenvalue weighted by molar-refractivity contribution is -0.384. The van der Waals surface area contributed by atoms with Crippen LogP contribution in [0.3, 0.4) is 0 Å². The summed E-state index contributed by atoms with van der Waals surface area (Å²) in [7, 11) is 0. The topological polar surface area (TPSA) is 129 Å². The van der Waals surface area contributed by atoms with Crippen molar-refractivity contribution in [3.05, 3.63) is 115 Å². The number of para-hydroxylation sites is 1. The quantitative estimate of drug-likeness (QED) is 0.214. The average molecular weight is 523 g/mol. The molecule has 0 aliphatic heterocycles. The first kappa shape index (κ1) is 22.9. The lowest BCUT2D eigenvalue weighted by atomic mass is 10.1. The summed E-state index contributed by atoms with van der Waals surface area (Å²) in [5.41, 5.74) is 0.225. The van der Waals surface area contributed by atoms with Gasteiger partial charge in [-0.2, -0.15) is 0 Å². The summed E-state index contributed by atoms with van der Waals surface area (Å²) >= 11 is 3.19. The largest absolute Gasteiger partial charge is 0.449 e. The number of esters is 1. The van der Waals surface area contributed by atoms with E-state index in [0.717, 1.165) is 6.07 Å². The Morgan fingerprint density at radius 2 is 1.71 bits per heavy atom. The maximum Gasteiger partial charge on any atom is 0.375 e. The molecule has 1 aromatic heterocycles. The van der Waals surface area contributed by atoms with Gasteiger partial charge < -0.3 is 14.5 Å². The van der Waals surface area contributed by atoms with Gasteiger partial charge in [0.05, 0.1) is 16.0 Å². The molecule has 1 amide bonds. The van der Waals surface area contributed by atoms with E-state index in [-0.39, 0.29) is 27.2 Å². The maximum atomic E-state index is 13.1. The summed E-state index contributed by atoms with van der Waals surface area (Å²) in [4.78, 5) is 48.7. The second-order valence-corrected chi connectivity index (χ2v) is 7.93. The molecule has 10 heteroatoms. The Balaban J connectivity index is 1.63. The molecule has 0 fully saturated rings. The summed E-state index contributed by atoms with van der Waals surface area (Å²) in [6, 6.07) is 19.5. The molecule has 1 atom stereocenters. The first-order chi connectivity index (χ1) is 16.3. The zero-order chi connectivity index (χ0) is 24.2. The Kier molecular flexibility index (Phi) is 6.51. The smallest absolute Gasteiger partial charge is 0.375 e. The van der Waals surface area contributed by atoms with Crippen LogP contribution in [0.15, 0.2) is 92.5 Å². The van der Waals surface area contributed by atoms with E-state index in [2.05, 4.69) is 21.2 Å². The molecule has 0 aliphatic rings. The van der Waals surface area contributed by atoms with Crippen LogP contribution in [0.25, 0.3) is 11.0 Å². The zero-order valence-electron chi connectivity index (χ0n) is 17.3. The van der Waals surface area contributed by atoms with Gasteiger partial charge in [0.2, 0.25) is 11.9 Å². The summed E-state index contributed by atoms with van der Waals surface area (Å²) < 4.78 is 11.2. The first-order valence-electron chi connectivity index (χ1n) is 9.87. The molecule has 0 radical (unpaired) electrons. The van der Waals surface area contributed by atoms with Gasteiger partial charge in [-0.15, -0.1) is 0 Å². The van der Waals surface area contributed by atoms with Gasteiger partial charge in [0, 0.05) is 28.2 Å². The number of anilines is 1. The Morgan fingerprint density at radius 1 is 1.00 bits per heavy atom. The van der Waals surface area contributed by atoms with Gasteiger partial charge in [-0.05, 0) is 34.1 Å². The molecule has 1 heterocycles. The van der Waals surface area contributed by atoms with Crippen molar-refractivity contribution >= 4 is 50.2 Å². The molecular formula is C24H15BrN2O7. The Hall–Kier alpha value is -4.31. The first-order valence-corrected chi connectivity index (χ1v) is 10.7. The van der Waals surface area contributed by atoms with Crippen LogP contribution in [0.2, 0.25) is 0 Å². The number of fused-ring (bicyclic) bond motifs is 1. The van der Waals surface area contributed by atoms with Crippen LogP contribution in [0, 0.1) is 10.1 Å². The van der Waals surface area contributed by atoms with Crippen LogP contribution in [-0.4, -0.2) is 16.8 Å². The lowest BCUT2D eigenvalue weighted by Gasteiger charge is -2.18. The van der Waals surface area contributed by atoms with Gasteiger partial charge in [-0.3, -0.25) is 19.7 Å². The molecule has 0 saturated heterocycles. The van der Waals surface area contributed by atoms with Gasteiger partial charge >= 0.3 is 5.97 Å². The number of benzene rings is 3. The summed E-state index contributed by atoms with van der Waals surface area (Å²) in [5.74, 6) is -2.07. The van der Waals surface area contributed by atoms with Crippen LogP contribution in [-0.2, 0) is 9.53 Å². The number of nitrogens with zero attached hydrogens (tertiary/aromatic N) is 1. The minimum Gasteiger partial charge on any atom is -0.449 e. The highest BCUT2D eigenvalue weighted by atomic mass is 79.9. The molecule has 34 heavy (non-hydrogen) atoms. The molecule has 9 nitrogen and oxygen atoms in total. The van der Waals surface area contributed by atoms with E-state index in [1.54, 1.807) is 54.6 Å². The van der Waals surface area contributed by atoms with Gasteiger partial charge in [0.25, 0.3) is 11.6 Å². The van der Waals surface area contributed by atoms with E-state index >= 15 is 0 Å². The monoisotopic (exact) mass is 522 g/mol. The van der Waals surface area contributed by atoms with Crippen molar-refractivity contribution < 1.29 is 23.7 Å². The molecule has 170 valence electrons. The highest BCUT2D eigenvalue weighted by Gasteiger charge is 2.28. The van der Waals surface area contributed by atoms with Crippen LogP contribution in [0.5, 0.6) is 0 Å². The number of nitrogens with one attached hydrogen (secondary N) is 1. The molecule has 0 aliphatic carbocycles. The molecule has 3 aromatic carbocycles. The number of rotatable bonds is 6. The Morgan fingerprint density at radius 3 is 2.41 bits per heavy atom. The number of carbonyl (C=O) groups is 2. The van der Waals surface area contributed by atoms with Gasteiger partial charge in [-0.1, -0.05) is 42.5 Å². The number of amides is 1. The SMILES string of the molecule is O=C(O[C@@H](C(=O)Nc1ccc([N+](=O)[O-])cc1Br)c1ccccc1)c1cc(=O)c2ccccc2o1. The number of ether oxygens (including phenoxy) is 1. The summed E-state index contributed by atoms with van der Waals surface area (Å²) in [6.45, 7) is 0. The van der Waals surface area contributed by atoms with Gasteiger partial charge in [0.15, 0.2) is 5.43 Å². The van der Waals surface area contributed by atoms with Crippen molar-refractivity contribution in [1.82, 2.24) is 0 Å². The number of halogens is 1. The molecule has 1 N–H and O–H groups in total. The average Bonchev–Trinajstić information content (AvgIpc) is 2.84. The highest BCUT2D eigenvalue weighted by Crippen LogP contribution is 2.29. The fourth-order valence-corrected chi connectivity index (χ4v) is 3.65. The standard InChI is InChI=1S/C24H15BrN2O7/c25-17-12-15(27(31)32)10-11-18(17)26-23(29)22(14-6-2-1-3-7-14)34-24(30)21-13-19(28)16-8-4-5-9-20(16)33-21/h1-13,22H,(H,26,29)/t22-/m1/s1. The lowest BCUT2D eigenvalue weighted by Crippen LogP contribution is -2.26. The summed E-state index contributed by atoms with van der Waals surface area (Å²) in [6.07, 6.45) is -1.40. The maximum absolute atomic E-state index is 13.1. The number of hydrogen-bond acceptors (Lipinski definition) is 7. The Bertz CT molecular complexity index is 1470. The van der Waals surface area contributed by atoms with Crippen LogP contribution < -0.4 is 10.7 Å². The molecule has 4 aromatic rings. The number of non-ortho nitro benzene ring substituents is 1. The fraction of sp³-hybridized carbons (Fsp3) is 0.0417. The minimum absolute atomic E-state index is 0.165. The molecule has 4 rings (SSSR count). The summed E-state index contributed by atoms with van der Waals surface area (Å²) in [5, 5.41) is 13.9. The third-order valence-electron chi connectivity index (χ3n) is 4.82. The molecule has 0 saturated carbocycles. The number of nitro groups is 1. The van der Waals surface area contributed by atoms with Crippen LogP contribution in [0.1, 0.15) is 22.2 Å². The van der Waals surface area contributed by atoms with Crippen molar-refractivity contribution in [1.29, 1.82) is 0 Å². The molecule has 0 spiro atoms. The molecular weight excluding hydrogens is 508 g/mol. The highest BCUT2D eigenvalue weighted by molar-refractivity contribution is 9.10. The van der Waals surface area contributed by atoms with Crippen molar-refractivity contribution in [3.8, 4) is 0 Å². The van der Waals surface area contributed by atoms with Crippen molar-refractivity contribution in [2.24, 2.45) is 0 Å². The Labute approximate surface area is 200 Å². The van der Waals surface area contributed by atoms with E-state index in [0.29, 0.717) is 10.9 Å². The predicted octanol–water partition coefficient (Wildman–Crippen LogP) is 5.00. The third-order valence-corrected chi connectivity index (χ3v) is 5.48. The fourth-order valence-electron chi connectivity index (χ4n) is 3.19. The van der Waals surface area contributed by atoms with Crippen molar-refractivity contribution in [3.63, 3.8) is 0 Å². The second-order valence-electron chi connectivity index (χ2n) is 7.08. The normalized spacial score (nSPS) is 11.6. The molecule has 0 bridgehead atoms. The zero-order valence-corrected chi connectivity index (χ0v) is 18.9. The van der Waals surface area contributed by atoms with Gasteiger partial charge in [-0.25, -0.2) is 4.79 Å². The minimum atomic E-state index is -1.40.